The minimum absolute atomic E-state index is 0.349. The summed E-state index contributed by atoms with van der Waals surface area (Å²) in [6.45, 7) is 6.41. The molecular weight excluding hydrogens is 300 g/mol. The summed E-state index contributed by atoms with van der Waals surface area (Å²) in [5.74, 6) is -2.22. The van der Waals surface area contributed by atoms with E-state index in [0.29, 0.717) is 0 Å². The molecule has 0 saturated carbocycles. The van der Waals surface area contributed by atoms with Crippen LogP contribution in [0.25, 0.3) is 0 Å². The van der Waals surface area contributed by atoms with Gasteiger partial charge in [0.2, 0.25) is 10.0 Å². The number of halogens is 2. The van der Waals surface area contributed by atoms with Gasteiger partial charge in [-0.2, -0.15) is 4.31 Å². The van der Waals surface area contributed by atoms with E-state index in [1.807, 2.05) is 20.8 Å². The number of hydrogen-bond acceptors (Lipinski definition) is 3. The third-order valence-electron chi connectivity index (χ3n) is 3.76. The van der Waals surface area contributed by atoms with Gasteiger partial charge in [0.05, 0.1) is 12.2 Å². The normalized spacial score (nSPS) is 14.5. The average Bonchev–Trinajstić information content (AvgIpc) is 2.36. The first-order valence-corrected chi connectivity index (χ1v) is 7.94. The summed E-state index contributed by atoms with van der Waals surface area (Å²) in [4.78, 5) is -0.633. The zero-order chi connectivity index (χ0) is 16.6. The lowest BCUT2D eigenvalue weighted by Gasteiger charge is -2.34. The Kier molecular flexibility index (Phi) is 5.13. The molecule has 1 rings (SSSR count). The smallest absolute Gasteiger partial charge is 0.246 e. The molecule has 1 aromatic rings. The predicted molar refractivity (Wildman–Crippen MR) is 76.1 cm³/mol. The van der Waals surface area contributed by atoms with E-state index in [-0.39, 0.29) is 5.41 Å². The third-order valence-corrected chi connectivity index (χ3v) is 5.71. The van der Waals surface area contributed by atoms with Gasteiger partial charge in [-0.3, -0.25) is 0 Å². The predicted octanol–water partition coefficient (Wildman–Crippen LogP) is 2.51. The second-order valence-corrected chi connectivity index (χ2v) is 8.03. The zero-order valence-corrected chi connectivity index (χ0v) is 13.6. The topological polar surface area (TPSA) is 57.6 Å². The van der Waals surface area contributed by atoms with Gasteiger partial charge in [-0.15, -0.1) is 0 Å². The van der Waals surface area contributed by atoms with E-state index in [4.69, 9.17) is 5.11 Å². The Morgan fingerprint density at radius 3 is 2.24 bits per heavy atom. The Morgan fingerprint density at radius 1 is 1.29 bits per heavy atom. The number of benzene rings is 1. The maximum Gasteiger partial charge on any atom is 0.246 e. The van der Waals surface area contributed by atoms with Crippen molar-refractivity contribution in [3.8, 4) is 0 Å². The van der Waals surface area contributed by atoms with Crippen molar-refractivity contribution in [1.29, 1.82) is 0 Å². The van der Waals surface area contributed by atoms with Gasteiger partial charge in [0.1, 0.15) is 10.7 Å². The lowest BCUT2D eigenvalue weighted by molar-refractivity contribution is 0.216. The fraction of sp³-hybridized carbons (Fsp3) is 0.571. The summed E-state index contributed by atoms with van der Waals surface area (Å²) in [5.41, 5.74) is -0.995. The van der Waals surface area contributed by atoms with Gasteiger partial charge >= 0.3 is 0 Å². The summed E-state index contributed by atoms with van der Waals surface area (Å²) in [6, 6.07) is 1.33. The Morgan fingerprint density at radius 2 is 1.81 bits per heavy atom. The Bertz CT molecular complexity index is 624. The largest absolute Gasteiger partial charge is 0.391 e. The number of aliphatic hydroxyl groups is 1. The van der Waals surface area contributed by atoms with Crippen LogP contribution in [0.2, 0.25) is 0 Å². The second kappa shape index (κ2) is 5.98. The molecule has 120 valence electrons. The molecule has 7 heteroatoms. The molecule has 0 fully saturated rings. The lowest BCUT2D eigenvalue weighted by atomic mass is 9.88. The van der Waals surface area contributed by atoms with Crippen LogP contribution >= 0.6 is 0 Å². The minimum atomic E-state index is -4.12. The van der Waals surface area contributed by atoms with Crippen LogP contribution in [0.1, 0.15) is 33.3 Å². The van der Waals surface area contributed by atoms with Gasteiger partial charge in [0.25, 0.3) is 0 Å². The van der Waals surface area contributed by atoms with Crippen LogP contribution in [0.5, 0.6) is 0 Å². The molecule has 1 N–H and O–H groups in total. The number of rotatable bonds is 4. The van der Waals surface area contributed by atoms with Crippen molar-refractivity contribution in [1.82, 2.24) is 4.31 Å². The highest BCUT2D eigenvalue weighted by Crippen LogP contribution is 2.29. The summed E-state index contributed by atoms with van der Waals surface area (Å²) >= 11 is 0. The molecule has 0 bridgehead atoms. The van der Waals surface area contributed by atoms with Crippen molar-refractivity contribution in [2.45, 2.75) is 45.2 Å². The molecule has 4 nitrogen and oxygen atoms in total. The van der Waals surface area contributed by atoms with E-state index in [1.165, 1.54) is 7.05 Å². The molecule has 0 amide bonds. The molecule has 21 heavy (non-hydrogen) atoms. The third kappa shape index (κ3) is 3.41. The van der Waals surface area contributed by atoms with E-state index in [9.17, 15) is 17.2 Å². The van der Waals surface area contributed by atoms with E-state index in [1.54, 1.807) is 6.92 Å². The number of aliphatic hydroxyl groups excluding tert-OH is 1. The van der Waals surface area contributed by atoms with Gasteiger partial charge < -0.3 is 5.11 Å². The van der Waals surface area contributed by atoms with E-state index in [2.05, 4.69) is 0 Å². The molecule has 1 unspecified atom stereocenters. The molecule has 1 aromatic carbocycles. The highest BCUT2D eigenvalue weighted by Gasteiger charge is 2.34. The zero-order valence-electron chi connectivity index (χ0n) is 12.8. The van der Waals surface area contributed by atoms with E-state index < -0.39 is 44.8 Å². The monoisotopic (exact) mass is 321 g/mol. The van der Waals surface area contributed by atoms with Crippen LogP contribution in [0.15, 0.2) is 17.0 Å². The molecule has 0 heterocycles. The van der Waals surface area contributed by atoms with Crippen molar-refractivity contribution < 1.29 is 22.3 Å². The molecule has 0 aromatic heterocycles. The average molecular weight is 321 g/mol. The van der Waals surface area contributed by atoms with Gasteiger partial charge in [-0.25, -0.2) is 17.2 Å². The Balaban J connectivity index is 3.39. The quantitative estimate of drug-likeness (QED) is 0.927. The first-order chi connectivity index (χ1) is 9.44. The van der Waals surface area contributed by atoms with Crippen molar-refractivity contribution in [3.05, 3.63) is 29.3 Å². The first-order valence-electron chi connectivity index (χ1n) is 6.50. The second-order valence-electron chi connectivity index (χ2n) is 6.06. The van der Waals surface area contributed by atoms with Crippen LogP contribution in [0.3, 0.4) is 0 Å². The van der Waals surface area contributed by atoms with Gasteiger partial charge in [-0.05, 0) is 24.5 Å². The van der Waals surface area contributed by atoms with Crippen LogP contribution < -0.4 is 0 Å². The van der Waals surface area contributed by atoms with Crippen LogP contribution in [-0.2, 0) is 16.6 Å². The van der Waals surface area contributed by atoms with Gasteiger partial charge in [0, 0.05) is 13.1 Å². The molecule has 1 atom stereocenters. The van der Waals surface area contributed by atoms with Crippen molar-refractivity contribution >= 4 is 10.0 Å². The molecular formula is C14H21F2NO3S. The summed E-state index contributed by atoms with van der Waals surface area (Å²) in [7, 11) is -2.77. The number of sulfonamides is 1. The molecule has 0 spiro atoms. The van der Waals surface area contributed by atoms with Gasteiger partial charge in [-0.1, -0.05) is 20.8 Å². The highest BCUT2D eigenvalue weighted by atomic mass is 32.2. The first kappa shape index (κ1) is 18.0. The lowest BCUT2D eigenvalue weighted by Crippen LogP contribution is -2.43. The number of hydrogen-bond donors (Lipinski definition) is 1. The minimum Gasteiger partial charge on any atom is -0.391 e. The Labute approximate surface area is 124 Å². The molecule has 0 aliphatic rings. The molecule has 0 aliphatic heterocycles. The summed E-state index contributed by atoms with van der Waals surface area (Å²) in [6.07, 6.45) is 0. The fourth-order valence-corrected chi connectivity index (χ4v) is 3.46. The van der Waals surface area contributed by atoms with Gasteiger partial charge in [0.15, 0.2) is 5.82 Å². The maximum atomic E-state index is 14.1. The summed E-state index contributed by atoms with van der Waals surface area (Å²) < 4.78 is 53.6. The maximum absolute atomic E-state index is 14.1. The molecule has 0 aliphatic carbocycles. The van der Waals surface area contributed by atoms with E-state index >= 15 is 0 Å². The van der Waals surface area contributed by atoms with Crippen LogP contribution in [0.4, 0.5) is 8.78 Å². The van der Waals surface area contributed by atoms with Crippen LogP contribution in [0, 0.1) is 17.0 Å². The standard InChI is InChI=1S/C14H21F2NO3S/c1-9(14(2,3)4)17(5)21(19,20)12-7-6-11(15)10(8-18)13(12)16/h6-7,9,18H,8H2,1-5H3. The van der Waals surface area contributed by atoms with Crippen molar-refractivity contribution in [2.75, 3.05) is 7.05 Å². The highest BCUT2D eigenvalue weighted by molar-refractivity contribution is 7.89. The molecule has 0 radical (unpaired) electrons. The van der Waals surface area contributed by atoms with Crippen LogP contribution in [-0.4, -0.2) is 30.9 Å². The number of nitrogens with zero attached hydrogens (tertiary/aromatic N) is 1. The molecule has 0 saturated heterocycles. The van der Waals surface area contributed by atoms with E-state index in [0.717, 1.165) is 16.4 Å². The van der Waals surface area contributed by atoms with Crippen molar-refractivity contribution in [2.24, 2.45) is 5.41 Å². The van der Waals surface area contributed by atoms with Crippen molar-refractivity contribution in [3.63, 3.8) is 0 Å². The fourth-order valence-electron chi connectivity index (χ4n) is 1.83. The summed E-state index contributed by atoms with van der Waals surface area (Å²) in [5, 5.41) is 8.98. The SMILES string of the molecule is CC(N(C)S(=O)(=O)c1ccc(F)c(CO)c1F)C(C)(C)C. The Hall–Kier alpha value is -1.05.